The van der Waals surface area contributed by atoms with Crippen LogP contribution >= 0.6 is 0 Å². The predicted molar refractivity (Wildman–Crippen MR) is 103 cm³/mol. The Morgan fingerprint density at radius 2 is 2.00 bits per heavy atom. The van der Waals surface area contributed by atoms with Crippen molar-refractivity contribution in [2.75, 3.05) is 33.4 Å². The third-order valence-electron chi connectivity index (χ3n) is 5.62. The molecule has 1 N–H and O–H groups in total. The first-order valence-electron chi connectivity index (χ1n) is 9.95. The van der Waals surface area contributed by atoms with E-state index in [1.807, 2.05) is 12.1 Å². The number of morpholine rings is 1. The molecular weight excluding hydrogens is 344 g/mol. The largest absolute Gasteiger partial charge is 0.493 e. The zero-order valence-corrected chi connectivity index (χ0v) is 16.0. The number of hydrogen-bond acceptors (Lipinski definition) is 5. The van der Waals surface area contributed by atoms with Gasteiger partial charge < -0.3 is 19.2 Å². The Hall–Kier alpha value is -2.05. The van der Waals surface area contributed by atoms with Crippen LogP contribution in [0.2, 0.25) is 0 Å². The molecule has 2 fully saturated rings. The molecule has 0 radical (unpaired) electrons. The summed E-state index contributed by atoms with van der Waals surface area (Å²) in [5.41, 5.74) is 1.80. The fraction of sp³-hybridized carbons (Fsp3) is 0.571. The second-order valence-corrected chi connectivity index (χ2v) is 7.48. The quantitative estimate of drug-likeness (QED) is 0.872. The number of hydrogen-bond donors (Lipinski definition) is 1. The molecule has 4 rings (SSSR count). The highest BCUT2D eigenvalue weighted by atomic mass is 16.5. The Morgan fingerprint density at radius 3 is 2.74 bits per heavy atom. The van der Waals surface area contributed by atoms with Gasteiger partial charge in [-0.3, -0.25) is 9.69 Å². The molecule has 6 nitrogen and oxygen atoms in total. The van der Waals surface area contributed by atoms with E-state index >= 15 is 0 Å². The third-order valence-corrected chi connectivity index (χ3v) is 5.62. The van der Waals surface area contributed by atoms with Gasteiger partial charge in [0.2, 0.25) is 0 Å². The average molecular weight is 372 g/mol. The molecule has 0 bridgehead atoms. The molecule has 1 amide bonds. The molecule has 1 saturated carbocycles. The van der Waals surface area contributed by atoms with Gasteiger partial charge in [0, 0.05) is 31.1 Å². The third kappa shape index (κ3) is 4.12. The molecule has 0 spiro atoms. The molecule has 146 valence electrons. The maximum absolute atomic E-state index is 12.7. The molecule has 0 atom stereocenters. The van der Waals surface area contributed by atoms with Crippen molar-refractivity contribution >= 4 is 16.9 Å². The predicted octanol–water partition coefficient (Wildman–Crippen LogP) is 3.34. The first kappa shape index (κ1) is 18.3. The van der Waals surface area contributed by atoms with Gasteiger partial charge in [0.05, 0.1) is 20.3 Å². The van der Waals surface area contributed by atoms with Crippen LogP contribution in [0.1, 0.15) is 48.2 Å². The fourth-order valence-corrected chi connectivity index (χ4v) is 4.07. The summed E-state index contributed by atoms with van der Waals surface area (Å²) in [6.07, 6.45) is 5.74. The normalized spacial score (nSPS) is 19.3. The number of amides is 1. The highest BCUT2D eigenvalue weighted by Gasteiger charge is 2.22. The molecule has 1 saturated heterocycles. The molecular formula is C21H28N2O4. The lowest BCUT2D eigenvalue weighted by molar-refractivity contribution is 0.0343. The summed E-state index contributed by atoms with van der Waals surface area (Å²) in [7, 11) is 1.63. The Kier molecular flexibility index (Phi) is 5.64. The van der Waals surface area contributed by atoms with Crippen LogP contribution in [0.5, 0.6) is 5.75 Å². The fourth-order valence-electron chi connectivity index (χ4n) is 4.07. The molecule has 1 aromatic carbocycles. The molecule has 1 aromatic heterocycles. The number of nitrogens with one attached hydrogen (secondary N) is 1. The van der Waals surface area contributed by atoms with Gasteiger partial charge in [-0.15, -0.1) is 0 Å². The van der Waals surface area contributed by atoms with E-state index < -0.39 is 0 Å². The van der Waals surface area contributed by atoms with Gasteiger partial charge >= 0.3 is 0 Å². The zero-order valence-electron chi connectivity index (χ0n) is 16.0. The summed E-state index contributed by atoms with van der Waals surface area (Å²) in [5.74, 6) is 0.897. The van der Waals surface area contributed by atoms with Crippen molar-refractivity contribution in [3.63, 3.8) is 0 Å². The summed E-state index contributed by atoms with van der Waals surface area (Å²) in [4.78, 5) is 15.1. The van der Waals surface area contributed by atoms with Gasteiger partial charge in [-0.1, -0.05) is 25.3 Å². The lowest BCUT2D eigenvalue weighted by Gasteiger charge is -2.26. The van der Waals surface area contributed by atoms with E-state index in [0.717, 1.165) is 56.6 Å². The summed E-state index contributed by atoms with van der Waals surface area (Å²) in [6.45, 7) is 4.17. The van der Waals surface area contributed by atoms with Gasteiger partial charge in [0.25, 0.3) is 5.91 Å². The SMILES string of the molecule is COc1ccc(CN2CCOCC2)c2cc(C(=O)NC3CCCCC3)oc12. The standard InChI is InChI=1S/C21H28N2O4/c1-25-18-8-7-15(14-23-9-11-26-12-10-23)17-13-19(27-20(17)18)21(24)22-16-5-3-2-4-6-16/h7-8,13,16H,2-6,9-12,14H2,1H3,(H,22,24). The number of nitrogens with zero attached hydrogens (tertiary/aromatic N) is 1. The summed E-state index contributed by atoms with van der Waals surface area (Å²) in [6, 6.07) is 6.11. The lowest BCUT2D eigenvalue weighted by atomic mass is 9.95. The van der Waals surface area contributed by atoms with E-state index in [9.17, 15) is 4.79 Å². The van der Waals surface area contributed by atoms with Gasteiger partial charge in [-0.05, 0) is 30.5 Å². The topological polar surface area (TPSA) is 63.9 Å². The number of benzene rings is 1. The molecule has 6 heteroatoms. The number of rotatable bonds is 5. The lowest BCUT2D eigenvalue weighted by Crippen LogP contribution is -2.36. The van der Waals surface area contributed by atoms with Gasteiger partial charge in [0.15, 0.2) is 17.1 Å². The Bertz CT molecular complexity index is 789. The van der Waals surface area contributed by atoms with Crippen LogP contribution < -0.4 is 10.1 Å². The molecule has 1 aliphatic heterocycles. The minimum Gasteiger partial charge on any atom is -0.493 e. The molecule has 0 unspecified atom stereocenters. The maximum Gasteiger partial charge on any atom is 0.287 e. The second-order valence-electron chi connectivity index (χ2n) is 7.48. The molecule has 1 aliphatic carbocycles. The van der Waals surface area contributed by atoms with Crippen LogP contribution in [-0.4, -0.2) is 50.3 Å². The van der Waals surface area contributed by atoms with E-state index in [4.69, 9.17) is 13.9 Å². The molecule has 27 heavy (non-hydrogen) atoms. The van der Waals surface area contributed by atoms with E-state index in [-0.39, 0.29) is 11.9 Å². The maximum atomic E-state index is 12.7. The number of carbonyl (C=O) groups excluding carboxylic acids is 1. The Balaban J connectivity index is 1.58. The van der Waals surface area contributed by atoms with Crippen molar-refractivity contribution in [2.24, 2.45) is 0 Å². The molecule has 2 heterocycles. The van der Waals surface area contributed by atoms with Crippen molar-refractivity contribution in [2.45, 2.75) is 44.7 Å². The average Bonchev–Trinajstić information content (AvgIpc) is 3.16. The van der Waals surface area contributed by atoms with Crippen molar-refractivity contribution < 1.29 is 18.7 Å². The monoisotopic (exact) mass is 372 g/mol. The minimum atomic E-state index is -0.127. The Morgan fingerprint density at radius 1 is 1.22 bits per heavy atom. The molecule has 2 aliphatic rings. The number of furan rings is 1. The van der Waals surface area contributed by atoms with Crippen molar-refractivity contribution in [1.82, 2.24) is 10.2 Å². The van der Waals surface area contributed by atoms with Crippen LogP contribution in [0, 0.1) is 0 Å². The van der Waals surface area contributed by atoms with Crippen LogP contribution in [0.3, 0.4) is 0 Å². The highest BCUT2D eigenvalue weighted by molar-refractivity contribution is 5.98. The first-order chi connectivity index (χ1) is 13.2. The van der Waals surface area contributed by atoms with E-state index in [2.05, 4.69) is 16.3 Å². The first-order valence-corrected chi connectivity index (χ1v) is 9.95. The zero-order chi connectivity index (χ0) is 18.6. The second kappa shape index (κ2) is 8.31. The van der Waals surface area contributed by atoms with Crippen molar-refractivity contribution in [3.05, 3.63) is 29.5 Å². The van der Waals surface area contributed by atoms with Crippen LogP contribution in [0.25, 0.3) is 11.0 Å². The van der Waals surface area contributed by atoms with Crippen molar-refractivity contribution in [1.29, 1.82) is 0 Å². The number of fused-ring (bicyclic) bond motifs is 1. The van der Waals surface area contributed by atoms with Crippen LogP contribution in [0.15, 0.2) is 22.6 Å². The number of ether oxygens (including phenoxy) is 2. The van der Waals surface area contributed by atoms with Crippen LogP contribution in [-0.2, 0) is 11.3 Å². The summed E-state index contributed by atoms with van der Waals surface area (Å²) >= 11 is 0. The highest BCUT2D eigenvalue weighted by Crippen LogP contribution is 2.32. The van der Waals surface area contributed by atoms with Gasteiger partial charge in [0.1, 0.15) is 0 Å². The smallest absolute Gasteiger partial charge is 0.287 e. The molecule has 2 aromatic rings. The summed E-state index contributed by atoms with van der Waals surface area (Å²) in [5, 5.41) is 4.09. The van der Waals surface area contributed by atoms with E-state index in [1.165, 1.54) is 19.3 Å². The van der Waals surface area contributed by atoms with Gasteiger partial charge in [-0.25, -0.2) is 0 Å². The number of methoxy groups -OCH3 is 1. The number of carbonyl (C=O) groups is 1. The summed E-state index contributed by atoms with van der Waals surface area (Å²) < 4.78 is 16.8. The Labute approximate surface area is 159 Å². The van der Waals surface area contributed by atoms with E-state index in [1.54, 1.807) is 7.11 Å². The van der Waals surface area contributed by atoms with Crippen molar-refractivity contribution in [3.8, 4) is 5.75 Å². The van der Waals surface area contributed by atoms with Crippen LogP contribution in [0.4, 0.5) is 0 Å². The minimum absolute atomic E-state index is 0.127. The van der Waals surface area contributed by atoms with E-state index in [0.29, 0.717) is 17.1 Å². The van der Waals surface area contributed by atoms with Gasteiger partial charge in [-0.2, -0.15) is 0 Å².